The first kappa shape index (κ1) is 13.3. The lowest BCUT2D eigenvalue weighted by Gasteiger charge is -2.20. The monoisotopic (exact) mass is 273 g/mol. The normalized spacial score (nSPS) is 21.4. The molecule has 0 saturated heterocycles. The van der Waals surface area contributed by atoms with Crippen molar-refractivity contribution in [2.75, 3.05) is 0 Å². The highest BCUT2D eigenvalue weighted by Crippen LogP contribution is 2.42. The van der Waals surface area contributed by atoms with Gasteiger partial charge in [-0.05, 0) is 31.5 Å². The van der Waals surface area contributed by atoms with E-state index in [9.17, 15) is 13.5 Å². The zero-order valence-corrected chi connectivity index (χ0v) is 10.9. The Morgan fingerprint density at radius 2 is 2.11 bits per heavy atom. The van der Waals surface area contributed by atoms with Gasteiger partial charge in [0, 0.05) is 12.1 Å². The number of fused-ring (bicyclic) bond motifs is 1. The Morgan fingerprint density at radius 3 is 2.72 bits per heavy atom. The van der Waals surface area contributed by atoms with Gasteiger partial charge >= 0.3 is 10.3 Å². The van der Waals surface area contributed by atoms with Crippen LogP contribution < -0.4 is 9.46 Å². The Morgan fingerprint density at radius 1 is 1.44 bits per heavy atom. The highest BCUT2D eigenvalue weighted by atomic mass is 32.2. The van der Waals surface area contributed by atoms with Crippen LogP contribution in [0.5, 0.6) is 5.75 Å². The van der Waals surface area contributed by atoms with E-state index in [1.165, 1.54) is 0 Å². The summed E-state index contributed by atoms with van der Waals surface area (Å²) in [5.74, 6) is 0.586. The summed E-state index contributed by atoms with van der Waals surface area (Å²) in [5.41, 5.74) is 0.936. The van der Waals surface area contributed by atoms with Crippen molar-refractivity contribution >= 4 is 10.3 Å². The van der Waals surface area contributed by atoms with Crippen LogP contribution in [0.2, 0.25) is 0 Å². The summed E-state index contributed by atoms with van der Waals surface area (Å²) in [6.45, 7) is 3.66. The summed E-state index contributed by atoms with van der Waals surface area (Å²) >= 11 is 0. The Balaban J connectivity index is 2.26. The van der Waals surface area contributed by atoms with E-state index in [0.717, 1.165) is 5.56 Å². The number of hydrogen-bond acceptors (Lipinski definition) is 4. The van der Waals surface area contributed by atoms with Crippen LogP contribution in [0.1, 0.15) is 25.0 Å². The molecule has 1 aromatic rings. The van der Waals surface area contributed by atoms with Gasteiger partial charge < -0.3 is 9.84 Å². The molecule has 0 amide bonds. The first-order chi connectivity index (χ1) is 8.20. The minimum absolute atomic E-state index is 0.0156. The summed E-state index contributed by atoms with van der Waals surface area (Å²) in [7, 11) is -4.21. The minimum Gasteiger partial charge on any atom is -0.464 e. The van der Waals surface area contributed by atoms with E-state index in [4.69, 9.17) is 9.29 Å². The van der Waals surface area contributed by atoms with Crippen molar-refractivity contribution < 1.29 is 22.8 Å². The van der Waals surface area contributed by atoms with Crippen molar-refractivity contribution in [3.05, 3.63) is 29.3 Å². The quantitative estimate of drug-likeness (QED) is 0.700. The molecule has 1 heterocycles. The van der Waals surface area contributed by atoms with Crippen LogP contribution in [-0.4, -0.2) is 24.4 Å². The molecule has 100 valence electrons. The van der Waals surface area contributed by atoms with Gasteiger partial charge in [-0.2, -0.15) is 13.1 Å². The molecule has 0 bridgehead atoms. The zero-order chi connectivity index (χ0) is 13.6. The van der Waals surface area contributed by atoms with Crippen molar-refractivity contribution in [1.82, 2.24) is 4.72 Å². The Bertz CT molecular complexity index is 567. The van der Waals surface area contributed by atoms with Crippen molar-refractivity contribution in [3.63, 3.8) is 0 Å². The van der Waals surface area contributed by atoms with E-state index < -0.39 is 22.0 Å². The van der Waals surface area contributed by atoms with E-state index in [0.29, 0.717) is 11.3 Å². The van der Waals surface area contributed by atoms with E-state index in [1.807, 2.05) is 18.6 Å². The van der Waals surface area contributed by atoms with Crippen LogP contribution >= 0.6 is 0 Å². The fourth-order valence-corrected chi connectivity index (χ4v) is 2.22. The van der Waals surface area contributed by atoms with E-state index >= 15 is 0 Å². The van der Waals surface area contributed by atoms with Crippen molar-refractivity contribution in [2.45, 2.75) is 32.1 Å². The third kappa shape index (κ3) is 2.49. The minimum atomic E-state index is -4.21. The summed E-state index contributed by atoms with van der Waals surface area (Å²) in [4.78, 5) is 0. The van der Waals surface area contributed by atoms with Crippen LogP contribution in [0.25, 0.3) is 0 Å². The average molecular weight is 273 g/mol. The topological polar surface area (TPSA) is 95.9 Å². The fourth-order valence-electron chi connectivity index (χ4n) is 1.87. The van der Waals surface area contributed by atoms with Gasteiger partial charge in [-0.1, -0.05) is 6.07 Å². The second-order valence-electron chi connectivity index (χ2n) is 4.82. The summed E-state index contributed by atoms with van der Waals surface area (Å²) < 4.78 is 37.1. The van der Waals surface area contributed by atoms with Gasteiger partial charge in [0.05, 0.1) is 5.41 Å². The number of nitrogens with one attached hydrogen (secondary N) is 1. The molecular weight excluding hydrogens is 258 g/mol. The first-order valence-corrected chi connectivity index (χ1v) is 6.84. The Kier molecular flexibility index (Phi) is 3.10. The number of benzene rings is 1. The molecule has 18 heavy (non-hydrogen) atoms. The second kappa shape index (κ2) is 4.20. The van der Waals surface area contributed by atoms with Crippen molar-refractivity contribution in [3.8, 4) is 5.75 Å². The molecule has 1 aromatic carbocycles. The smallest absolute Gasteiger partial charge is 0.333 e. The molecule has 0 radical (unpaired) electrons. The van der Waals surface area contributed by atoms with Crippen LogP contribution in [0.4, 0.5) is 0 Å². The van der Waals surface area contributed by atoms with Gasteiger partial charge in [0.1, 0.15) is 5.75 Å². The predicted molar refractivity (Wildman–Crippen MR) is 64.5 cm³/mol. The molecular formula is C11H15NO5S. The molecule has 7 heteroatoms. The Labute approximate surface area is 105 Å². The van der Waals surface area contributed by atoms with Gasteiger partial charge in [0.25, 0.3) is 0 Å². The highest BCUT2D eigenvalue weighted by molar-refractivity contribution is 7.83. The molecule has 1 aliphatic rings. The van der Waals surface area contributed by atoms with Crippen LogP contribution in [0.3, 0.4) is 0 Å². The van der Waals surface area contributed by atoms with Gasteiger partial charge in [0.15, 0.2) is 0 Å². The number of rotatable bonds is 3. The van der Waals surface area contributed by atoms with Gasteiger partial charge in [-0.25, -0.2) is 0 Å². The van der Waals surface area contributed by atoms with Crippen LogP contribution in [0.15, 0.2) is 18.2 Å². The number of hydrogen-bond donors (Lipinski definition) is 3. The standard InChI is InChI=1S/C11H15NO5S/c1-11(2)8-5-7(6-12-18(14,15)16)3-4-9(8)17-10(11)13/h3-5,10,12-13H,6H2,1-2H3,(H,14,15,16). The summed E-state index contributed by atoms with van der Waals surface area (Å²) in [6, 6.07) is 5.10. The van der Waals surface area contributed by atoms with Crippen LogP contribution in [0, 0.1) is 0 Å². The van der Waals surface area contributed by atoms with Gasteiger partial charge in [-0.3, -0.25) is 4.55 Å². The van der Waals surface area contributed by atoms with Crippen LogP contribution in [-0.2, 0) is 22.3 Å². The number of aliphatic hydroxyl groups excluding tert-OH is 1. The van der Waals surface area contributed by atoms with Crippen molar-refractivity contribution in [2.24, 2.45) is 0 Å². The maximum Gasteiger partial charge on any atom is 0.333 e. The number of ether oxygens (including phenoxy) is 1. The van der Waals surface area contributed by atoms with Gasteiger partial charge in [-0.15, -0.1) is 0 Å². The maximum atomic E-state index is 10.6. The molecule has 6 nitrogen and oxygen atoms in total. The molecule has 0 saturated carbocycles. The third-order valence-corrected chi connectivity index (χ3v) is 3.56. The molecule has 0 spiro atoms. The van der Waals surface area contributed by atoms with Crippen molar-refractivity contribution in [1.29, 1.82) is 0 Å². The predicted octanol–water partition coefficient (Wildman–Crippen LogP) is 0.567. The van der Waals surface area contributed by atoms with E-state index in [1.54, 1.807) is 18.2 Å². The lowest BCUT2D eigenvalue weighted by molar-refractivity contribution is -0.0450. The molecule has 2 rings (SSSR count). The van der Waals surface area contributed by atoms with Gasteiger partial charge in [0.2, 0.25) is 6.29 Å². The molecule has 1 aliphatic heterocycles. The number of aliphatic hydroxyl groups is 1. The largest absolute Gasteiger partial charge is 0.464 e. The zero-order valence-electron chi connectivity index (χ0n) is 10.0. The first-order valence-electron chi connectivity index (χ1n) is 5.40. The molecule has 0 aliphatic carbocycles. The lowest BCUT2D eigenvalue weighted by atomic mass is 9.85. The lowest BCUT2D eigenvalue weighted by Crippen LogP contribution is -2.31. The maximum absolute atomic E-state index is 10.6. The summed E-state index contributed by atoms with van der Waals surface area (Å²) in [6.07, 6.45) is -0.919. The summed E-state index contributed by atoms with van der Waals surface area (Å²) in [5, 5.41) is 9.75. The highest BCUT2D eigenvalue weighted by Gasteiger charge is 2.40. The molecule has 1 unspecified atom stereocenters. The van der Waals surface area contributed by atoms with E-state index in [2.05, 4.69) is 0 Å². The second-order valence-corrected chi connectivity index (χ2v) is 6.06. The SMILES string of the molecule is CC1(C)c2cc(CNS(=O)(=O)O)ccc2OC1O. The molecule has 0 fully saturated rings. The average Bonchev–Trinajstić information content (AvgIpc) is 2.47. The Hall–Kier alpha value is -1.15. The third-order valence-electron chi connectivity index (χ3n) is 3.05. The molecule has 3 N–H and O–H groups in total. The van der Waals surface area contributed by atoms with E-state index in [-0.39, 0.29) is 6.54 Å². The molecule has 1 atom stereocenters. The fraction of sp³-hybridized carbons (Fsp3) is 0.455. The molecule has 0 aromatic heterocycles.